The molecular weight excluding hydrogens is 242 g/mol. The number of aliphatic hydroxyl groups excluding tert-OH is 1. The minimum Gasteiger partial charge on any atom is -0.459 e. The Morgan fingerprint density at radius 2 is 2.11 bits per heavy atom. The van der Waals surface area contributed by atoms with Crippen molar-refractivity contribution in [3.05, 3.63) is 35.6 Å². The molecule has 2 aromatic rings. The van der Waals surface area contributed by atoms with E-state index in [0.29, 0.717) is 6.61 Å². The number of aliphatic hydroxyl groups is 1. The largest absolute Gasteiger partial charge is 0.459 e. The Kier molecular flexibility index (Phi) is 4.58. The zero-order valence-corrected chi connectivity index (χ0v) is 11.6. The van der Waals surface area contributed by atoms with Crippen LogP contribution in [0.5, 0.6) is 0 Å². The number of para-hydroxylation sites is 1. The third-order valence-corrected chi connectivity index (χ3v) is 3.35. The molecule has 2 unspecified atom stereocenters. The summed E-state index contributed by atoms with van der Waals surface area (Å²) >= 11 is 0. The summed E-state index contributed by atoms with van der Waals surface area (Å²) in [5.74, 6) is 0.913. The van der Waals surface area contributed by atoms with Crippen molar-refractivity contribution in [2.45, 2.75) is 25.9 Å². The van der Waals surface area contributed by atoms with E-state index in [1.807, 2.05) is 25.1 Å². The Morgan fingerprint density at radius 1 is 1.37 bits per heavy atom. The first kappa shape index (κ1) is 14.1. The van der Waals surface area contributed by atoms with Crippen molar-refractivity contribution in [2.24, 2.45) is 0 Å². The van der Waals surface area contributed by atoms with E-state index < -0.39 is 0 Å². The maximum Gasteiger partial charge on any atom is 0.134 e. The number of hydrogen-bond donors (Lipinski definition) is 2. The summed E-state index contributed by atoms with van der Waals surface area (Å²) < 4.78 is 11.0. The predicted molar refractivity (Wildman–Crippen MR) is 75.3 cm³/mol. The van der Waals surface area contributed by atoms with Crippen LogP contribution in [0.2, 0.25) is 0 Å². The van der Waals surface area contributed by atoms with Gasteiger partial charge >= 0.3 is 0 Å². The number of furan rings is 1. The molecule has 1 heterocycles. The minimum absolute atomic E-state index is 0.0275. The van der Waals surface area contributed by atoms with Gasteiger partial charge in [0.25, 0.3) is 0 Å². The number of aryl methyl sites for hydroxylation is 1. The lowest BCUT2D eigenvalue weighted by Gasteiger charge is -2.20. The first-order valence-corrected chi connectivity index (χ1v) is 6.51. The second kappa shape index (κ2) is 6.19. The summed E-state index contributed by atoms with van der Waals surface area (Å²) in [5, 5.41) is 13.7. The third kappa shape index (κ3) is 2.97. The molecule has 0 fully saturated rings. The van der Waals surface area contributed by atoms with Crippen LogP contribution in [0.3, 0.4) is 0 Å². The Hall–Kier alpha value is -1.36. The van der Waals surface area contributed by atoms with E-state index in [1.165, 1.54) is 0 Å². The fraction of sp³-hybridized carbons (Fsp3) is 0.467. The molecular formula is C15H21NO3. The van der Waals surface area contributed by atoms with Gasteiger partial charge in [-0.15, -0.1) is 0 Å². The standard InChI is InChI=1S/C15H21NO3/c1-10-13-6-4-5-7-14(13)19-15(10)11(2)16-12(8-17)9-18-3/h4-7,11-12,16-17H,8-9H2,1-3H3. The van der Waals surface area contributed by atoms with Gasteiger partial charge in [0.05, 0.1) is 25.3 Å². The van der Waals surface area contributed by atoms with Gasteiger partial charge < -0.3 is 19.6 Å². The molecule has 104 valence electrons. The van der Waals surface area contributed by atoms with E-state index in [9.17, 15) is 5.11 Å². The fourth-order valence-corrected chi connectivity index (χ4v) is 2.39. The first-order chi connectivity index (χ1) is 9.17. The smallest absolute Gasteiger partial charge is 0.134 e. The quantitative estimate of drug-likeness (QED) is 0.840. The number of rotatable bonds is 6. The summed E-state index contributed by atoms with van der Waals surface area (Å²) in [6, 6.07) is 7.94. The highest BCUT2D eigenvalue weighted by molar-refractivity contribution is 5.82. The molecule has 0 aliphatic heterocycles. The molecule has 0 radical (unpaired) electrons. The summed E-state index contributed by atoms with van der Waals surface area (Å²) in [6.07, 6.45) is 0. The molecule has 4 nitrogen and oxygen atoms in total. The molecule has 0 aliphatic rings. The average Bonchev–Trinajstić information content (AvgIpc) is 2.76. The molecule has 0 aliphatic carbocycles. The number of benzene rings is 1. The van der Waals surface area contributed by atoms with Gasteiger partial charge in [0.15, 0.2) is 0 Å². The van der Waals surface area contributed by atoms with Crippen LogP contribution in [0.1, 0.15) is 24.3 Å². The Balaban J connectivity index is 2.21. The van der Waals surface area contributed by atoms with Gasteiger partial charge in [-0.25, -0.2) is 0 Å². The lowest BCUT2D eigenvalue weighted by Crippen LogP contribution is -2.38. The van der Waals surface area contributed by atoms with Crippen molar-refractivity contribution in [3.8, 4) is 0 Å². The molecule has 1 aromatic carbocycles. The van der Waals surface area contributed by atoms with E-state index in [4.69, 9.17) is 9.15 Å². The average molecular weight is 263 g/mol. The first-order valence-electron chi connectivity index (χ1n) is 6.51. The van der Waals surface area contributed by atoms with E-state index in [-0.39, 0.29) is 18.7 Å². The minimum atomic E-state index is -0.0902. The zero-order chi connectivity index (χ0) is 13.8. The summed E-state index contributed by atoms with van der Waals surface area (Å²) in [6.45, 7) is 4.60. The Labute approximate surface area is 113 Å². The molecule has 2 N–H and O–H groups in total. The molecule has 2 rings (SSSR count). The molecule has 0 saturated heterocycles. The lowest BCUT2D eigenvalue weighted by atomic mass is 10.1. The van der Waals surface area contributed by atoms with E-state index in [2.05, 4.69) is 18.3 Å². The fourth-order valence-electron chi connectivity index (χ4n) is 2.39. The highest BCUT2D eigenvalue weighted by Gasteiger charge is 2.19. The van der Waals surface area contributed by atoms with Crippen LogP contribution in [-0.2, 0) is 4.74 Å². The maximum absolute atomic E-state index is 9.29. The monoisotopic (exact) mass is 263 g/mol. The van der Waals surface area contributed by atoms with Crippen LogP contribution < -0.4 is 5.32 Å². The van der Waals surface area contributed by atoms with Gasteiger partial charge in [0, 0.05) is 12.5 Å². The van der Waals surface area contributed by atoms with Crippen LogP contribution in [0.4, 0.5) is 0 Å². The van der Waals surface area contributed by atoms with Crippen LogP contribution in [0.25, 0.3) is 11.0 Å². The number of fused-ring (bicyclic) bond motifs is 1. The highest BCUT2D eigenvalue weighted by Crippen LogP contribution is 2.29. The molecule has 0 spiro atoms. The van der Waals surface area contributed by atoms with E-state index >= 15 is 0 Å². The molecule has 4 heteroatoms. The SMILES string of the molecule is COCC(CO)NC(C)c1oc2ccccc2c1C. The summed E-state index contributed by atoms with van der Waals surface area (Å²) in [5.41, 5.74) is 2.04. The van der Waals surface area contributed by atoms with Crippen LogP contribution >= 0.6 is 0 Å². The normalized spacial score (nSPS) is 14.7. The second-order valence-electron chi connectivity index (χ2n) is 4.81. The Bertz CT molecular complexity index is 535. The van der Waals surface area contributed by atoms with Crippen molar-refractivity contribution in [2.75, 3.05) is 20.3 Å². The van der Waals surface area contributed by atoms with Crippen molar-refractivity contribution in [1.29, 1.82) is 0 Å². The molecule has 0 amide bonds. The van der Waals surface area contributed by atoms with Gasteiger partial charge in [-0.05, 0) is 25.5 Å². The number of nitrogens with one attached hydrogen (secondary N) is 1. The van der Waals surface area contributed by atoms with Gasteiger partial charge in [0.1, 0.15) is 11.3 Å². The number of hydrogen-bond acceptors (Lipinski definition) is 4. The Morgan fingerprint density at radius 3 is 2.74 bits per heavy atom. The van der Waals surface area contributed by atoms with Crippen LogP contribution in [-0.4, -0.2) is 31.5 Å². The number of methoxy groups -OCH3 is 1. The number of ether oxygens (including phenoxy) is 1. The van der Waals surface area contributed by atoms with Gasteiger partial charge in [-0.3, -0.25) is 0 Å². The summed E-state index contributed by atoms with van der Waals surface area (Å²) in [7, 11) is 1.63. The second-order valence-corrected chi connectivity index (χ2v) is 4.81. The van der Waals surface area contributed by atoms with E-state index in [0.717, 1.165) is 22.3 Å². The molecule has 1 aromatic heterocycles. The van der Waals surface area contributed by atoms with Crippen molar-refractivity contribution < 1.29 is 14.3 Å². The van der Waals surface area contributed by atoms with Gasteiger partial charge in [0.2, 0.25) is 0 Å². The predicted octanol–water partition coefficient (Wildman–Crippen LogP) is 2.40. The zero-order valence-electron chi connectivity index (χ0n) is 11.6. The van der Waals surface area contributed by atoms with Crippen molar-refractivity contribution >= 4 is 11.0 Å². The maximum atomic E-state index is 9.29. The van der Waals surface area contributed by atoms with Crippen LogP contribution in [0.15, 0.2) is 28.7 Å². The summed E-state index contributed by atoms with van der Waals surface area (Å²) in [4.78, 5) is 0. The molecule has 2 atom stereocenters. The van der Waals surface area contributed by atoms with Crippen molar-refractivity contribution in [1.82, 2.24) is 5.32 Å². The van der Waals surface area contributed by atoms with Gasteiger partial charge in [-0.2, -0.15) is 0 Å². The van der Waals surface area contributed by atoms with Gasteiger partial charge in [-0.1, -0.05) is 18.2 Å². The lowest BCUT2D eigenvalue weighted by molar-refractivity contribution is 0.121. The van der Waals surface area contributed by atoms with Crippen molar-refractivity contribution in [3.63, 3.8) is 0 Å². The highest BCUT2D eigenvalue weighted by atomic mass is 16.5. The topological polar surface area (TPSA) is 54.6 Å². The molecule has 0 bridgehead atoms. The molecule has 0 saturated carbocycles. The molecule has 19 heavy (non-hydrogen) atoms. The van der Waals surface area contributed by atoms with E-state index in [1.54, 1.807) is 7.11 Å². The van der Waals surface area contributed by atoms with Crippen LogP contribution in [0, 0.1) is 6.92 Å². The third-order valence-electron chi connectivity index (χ3n) is 3.35.